The van der Waals surface area contributed by atoms with Crippen LogP contribution in [0.25, 0.3) is 0 Å². The van der Waals surface area contributed by atoms with Crippen LogP contribution < -0.4 is 5.73 Å². The van der Waals surface area contributed by atoms with Gasteiger partial charge in [0, 0.05) is 40.7 Å². The van der Waals surface area contributed by atoms with Gasteiger partial charge in [-0.15, -0.1) is 0 Å². The Bertz CT molecular complexity index is 407. The Balaban J connectivity index is 2.27. The molecule has 2 nitrogen and oxygen atoms in total. The van der Waals surface area contributed by atoms with E-state index in [0.717, 1.165) is 11.6 Å². The van der Waals surface area contributed by atoms with Gasteiger partial charge < -0.3 is 5.73 Å². The SMILES string of the molecule is CC(N)C(c1ccc(Cl)cc1)N1CCSC(C)C1C. The van der Waals surface area contributed by atoms with Crippen molar-refractivity contribution >= 4 is 23.4 Å². The molecule has 2 rings (SSSR count). The Morgan fingerprint density at radius 2 is 1.95 bits per heavy atom. The van der Waals surface area contributed by atoms with E-state index in [-0.39, 0.29) is 12.1 Å². The van der Waals surface area contributed by atoms with Crippen LogP contribution in [-0.4, -0.2) is 34.5 Å². The molecule has 19 heavy (non-hydrogen) atoms. The lowest BCUT2D eigenvalue weighted by Crippen LogP contribution is -2.50. The van der Waals surface area contributed by atoms with E-state index in [1.165, 1.54) is 11.3 Å². The van der Waals surface area contributed by atoms with E-state index in [1.807, 2.05) is 12.1 Å². The minimum absolute atomic E-state index is 0.110. The lowest BCUT2D eigenvalue weighted by molar-refractivity contribution is 0.130. The molecule has 0 bridgehead atoms. The Kier molecular flexibility index (Phi) is 5.18. The largest absolute Gasteiger partial charge is 0.326 e. The highest BCUT2D eigenvalue weighted by Crippen LogP contribution is 2.33. The number of nitrogens with two attached hydrogens (primary N) is 1. The molecule has 0 aromatic heterocycles. The van der Waals surface area contributed by atoms with Crippen molar-refractivity contribution in [2.45, 2.75) is 44.1 Å². The first kappa shape index (κ1) is 15.2. The third-order valence-electron chi connectivity index (χ3n) is 4.00. The molecule has 2 N–H and O–H groups in total. The fourth-order valence-corrected chi connectivity index (χ4v) is 4.05. The predicted molar refractivity (Wildman–Crippen MR) is 85.9 cm³/mol. The first-order valence-corrected chi connectivity index (χ1v) is 8.31. The molecular formula is C15H23ClN2S. The molecular weight excluding hydrogens is 276 g/mol. The van der Waals surface area contributed by atoms with Gasteiger partial charge in [-0.2, -0.15) is 11.8 Å². The molecule has 1 fully saturated rings. The third kappa shape index (κ3) is 3.46. The minimum atomic E-state index is 0.110. The van der Waals surface area contributed by atoms with Gasteiger partial charge in [-0.1, -0.05) is 30.7 Å². The average Bonchev–Trinajstić information content (AvgIpc) is 2.37. The van der Waals surface area contributed by atoms with Crippen LogP contribution in [0, 0.1) is 0 Å². The number of nitrogens with zero attached hydrogens (tertiary/aromatic N) is 1. The average molecular weight is 299 g/mol. The van der Waals surface area contributed by atoms with Gasteiger partial charge in [0.25, 0.3) is 0 Å². The van der Waals surface area contributed by atoms with Gasteiger partial charge in [0.1, 0.15) is 0 Å². The summed E-state index contributed by atoms with van der Waals surface area (Å²) in [4.78, 5) is 2.55. The van der Waals surface area contributed by atoms with Gasteiger partial charge in [0.2, 0.25) is 0 Å². The van der Waals surface area contributed by atoms with Crippen LogP contribution in [0.2, 0.25) is 5.02 Å². The van der Waals surface area contributed by atoms with Crippen LogP contribution in [0.3, 0.4) is 0 Å². The molecule has 1 aliphatic rings. The summed E-state index contributed by atoms with van der Waals surface area (Å²) in [5.74, 6) is 1.18. The Morgan fingerprint density at radius 1 is 1.32 bits per heavy atom. The van der Waals surface area contributed by atoms with Gasteiger partial charge in [-0.3, -0.25) is 4.90 Å². The molecule has 0 amide bonds. The molecule has 1 aliphatic heterocycles. The van der Waals surface area contributed by atoms with Gasteiger partial charge in [0.15, 0.2) is 0 Å². The van der Waals surface area contributed by atoms with Crippen molar-refractivity contribution in [1.29, 1.82) is 0 Å². The van der Waals surface area contributed by atoms with E-state index < -0.39 is 0 Å². The standard InChI is InChI=1S/C15H23ClN2S/c1-10(17)15(13-4-6-14(16)7-5-13)18-8-9-19-12(3)11(18)2/h4-7,10-12,15H,8-9,17H2,1-3H3. The monoisotopic (exact) mass is 298 g/mol. The molecule has 1 aromatic rings. The van der Waals surface area contributed by atoms with Gasteiger partial charge in [-0.25, -0.2) is 0 Å². The summed E-state index contributed by atoms with van der Waals surface area (Å²) in [6, 6.07) is 9.06. The second-order valence-corrected chi connectivity index (χ2v) is 7.33. The topological polar surface area (TPSA) is 29.3 Å². The highest BCUT2D eigenvalue weighted by atomic mass is 35.5. The Labute approximate surface area is 125 Å². The number of halogens is 1. The first-order valence-electron chi connectivity index (χ1n) is 6.89. The number of hydrogen-bond acceptors (Lipinski definition) is 3. The zero-order valence-electron chi connectivity index (χ0n) is 11.8. The summed E-state index contributed by atoms with van der Waals surface area (Å²) in [6.07, 6.45) is 0. The van der Waals surface area contributed by atoms with Crippen LogP contribution in [0.15, 0.2) is 24.3 Å². The van der Waals surface area contributed by atoms with E-state index >= 15 is 0 Å². The van der Waals surface area contributed by atoms with Crippen molar-refractivity contribution in [3.8, 4) is 0 Å². The first-order chi connectivity index (χ1) is 9.00. The molecule has 4 atom stereocenters. The summed E-state index contributed by atoms with van der Waals surface area (Å²) in [5.41, 5.74) is 7.53. The summed E-state index contributed by atoms with van der Waals surface area (Å²) < 4.78 is 0. The minimum Gasteiger partial charge on any atom is -0.326 e. The van der Waals surface area contributed by atoms with Crippen molar-refractivity contribution < 1.29 is 0 Å². The van der Waals surface area contributed by atoms with Crippen LogP contribution in [0.5, 0.6) is 0 Å². The quantitative estimate of drug-likeness (QED) is 0.925. The van der Waals surface area contributed by atoms with Crippen molar-refractivity contribution in [2.24, 2.45) is 5.73 Å². The molecule has 106 valence electrons. The second kappa shape index (κ2) is 6.49. The summed E-state index contributed by atoms with van der Waals surface area (Å²) in [5, 5.41) is 1.44. The molecule has 4 heteroatoms. The fourth-order valence-electron chi connectivity index (χ4n) is 2.81. The summed E-state index contributed by atoms with van der Waals surface area (Å²) in [6.45, 7) is 7.81. The number of thioether (sulfide) groups is 1. The molecule has 4 unspecified atom stereocenters. The lowest BCUT2D eigenvalue weighted by Gasteiger charge is -2.44. The summed E-state index contributed by atoms with van der Waals surface area (Å²) in [7, 11) is 0. The van der Waals surface area contributed by atoms with Crippen molar-refractivity contribution in [1.82, 2.24) is 4.90 Å². The zero-order chi connectivity index (χ0) is 14.0. The second-order valence-electron chi connectivity index (χ2n) is 5.41. The highest BCUT2D eigenvalue weighted by Gasteiger charge is 2.33. The van der Waals surface area contributed by atoms with Crippen LogP contribution in [0.1, 0.15) is 32.4 Å². The predicted octanol–water partition coefficient (Wildman–Crippen LogP) is 3.55. The Hall–Kier alpha value is -0.220. The number of benzene rings is 1. The molecule has 1 heterocycles. The third-order valence-corrected chi connectivity index (χ3v) is 5.59. The highest BCUT2D eigenvalue weighted by molar-refractivity contribution is 8.00. The number of hydrogen-bond donors (Lipinski definition) is 1. The van der Waals surface area contributed by atoms with E-state index in [1.54, 1.807) is 0 Å². The summed E-state index contributed by atoms with van der Waals surface area (Å²) >= 11 is 8.04. The maximum atomic E-state index is 6.26. The van der Waals surface area contributed by atoms with Gasteiger partial charge >= 0.3 is 0 Å². The number of rotatable bonds is 3. The van der Waals surface area contributed by atoms with Crippen molar-refractivity contribution in [3.63, 3.8) is 0 Å². The molecule has 1 aromatic carbocycles. The molecule has 1 saturated heterocycles. The van der Waals surface area contributed by atoms with Crippen molar-refractivity contribution in [2.75, 3.05) is 12.3 Å². The maximum absolute atomic E-state index is 6.26. The van der Waals surface area contributed by atoms with E-state index in [0.29, 0.717) is 11.3 Å². The lowest BCUT2D eigenvalue weighted by atomic mass is 9.97. The van der Waals surface area contributed by atoms with Crippen LogP contribution >= 0.6 is 23.4 Å². The van der Waals surface area contributed by atoms with E-state index in [4.69, 9.17) is 17.3 Å². The fraction of sp³-hybridized carbons (Fsp3) is 0.600. The molecule has 0 radical (unpaired) electrons. The molecule has 0 aliphatic carbocycles. The van der Waals surface area contributed by atoms with E-state index in [9.17, 15) is 0 Å². The zero-order valence-corrected chi connectivity index (χ0v) is 13.4. The van der Waals surface area contributed by atoms with Gasteiger partial charge in [-0.05, 0) is 31.5 Å². The molecule has 0 saturated carbocycles. The van der Waals surface area contributed by atoms with Crippen molar-refractivity contribution in [3.05, 3.63) is 34.9 Å². The smallest absolute Gasteiger partial charge is 0.0500 e. The van der Waals surface area contributed by atoms with Crippen LogP contribution in [0.4, 0.5) is 0 Å². The normalized spacial score (nSPS) is 28.1. The van der Waals surface area contributed by atoms with Crippen LogP contribution in [-0.2, 0) is 0 Å². The van der Waals surface area contributed by atoms with Gasteiger partial charge in [0.05, 0.1) is 0 Å². The Morgan fingerprint density at radius 3 is 2.53 bits per heavy atom. The maximum Gasteiger partial charge on any atom is 0.0500 e. The molecule has 0 spiro atoms. The van der Waals surface area contributed by atoms with E-state index in [2.05, 4.69) is 49.6 Å².